The Kier molecular flexibility index (Phi) is 7.17. The quantitative estimate of drug-likeness (QED) is 0.366. The van der Waals surface area contributed by atoms with Crippen molar-refractivity contribution in [2.45, 2.75) is 6.54 Å². The van der Waals surface area contributed by atoms with Crippen LogP contribution in [0.5, 0.6) is 11.5 Å². The zero-order chi connectivity index (χ0) is 25.1. The van der Waals surface area contributed by atoms with Crippen LogP contribution in [-0.4, -0.2) is 70.2 Å². The number of rotatable bonds is 7. The van der Waals surface area contributed by atoms with Crippen LogP contribution in [0.15, 0.2) is 59.4 Å². The monoisotopic (exact) mass is 525 g/mol. The van der Waals surface area contributed by atoms with Crippen molar-refractivity contribution < 1.29 is 14.3 Å². The van der Waals surface area contributed by atoms with Gasteiger partial charge in [-0.15, -0.1) is 0 Å². The largest absolute Gasteiger partial charge is 0.496 e. The number of halogens is 1. The van der Waals surface area contributed by atoms with Gasteiger partial charge in [-0.25, -0.2) is 4.98 Å². The second-order valence-corrected chi connectivity index (χ2v) is 9.68. The molecule has 186 valence electrons. The summed E-state index contributed by atoms with van der Waals surface area (Å²) in [5.41, 5.74) is 1.28. The third kappa shape index (κ3) is 5.35. The van der Waals surface area contributed by atoms with Crippen molar-refractivity contribution in [1.29, 1.82) is 0 Å². The molecule has 0 radical (unpaired) electrons. The van der Waals surface area contributed by atoms with E-state index in [1.54, 1.807) is 36.3 Å². The van der Waals surface area contributed by atoms with E-state index in [9.17, 15) is 9.59 Å². The lowest BCUT2D eigenvalue weighted by molar-refractivity contribution is -0.135. The van der Waals surface area contributed by atoms with Crippen molar-refractivity contribution in [2.75, 3.05) is 39.9 Å². The van der Waals surface area contributed by atoms with Crippen LogP contribution < -0.4 is 15.0 Å². The van der Waals surface area contributed by atoms with Gasteiger partial charge in [0.25, 0.3) is 11.5 Å². The Labute approximate surface area is 216 Å². The number of methoxy groups -OCH3 is 1. The number of hydrogen-bond donors (Lipinski definition) is 0. The molecule has 1 aliphatic heterocycles. The van der Waals surface area contributed by atoms with E-state index in [1.807, 2.05) is 24.3 Å². The maximum atomic E-state index is 12.7. The number of ether oxygens (including phenoxy) is 2. The lowest BCUT2D eigenvalue weighted by Crippen LogP contribution is -2.49. The standard InChI is InChI=1S/C25H24ClN5O4S/c1-34-21-5-3-2-4-20(21)24-28-31-22(32)14-18(27-25(31)36-24)15-29-10-12-30(13-11-29)23(33)16-35-19-8-6-17(26)7-9-19/h2-9,14H,10-13,15-16H2,1H3. The minimum atomic E-state index is -0.222. The van der Waals surface area contributed by atoms with Gasteiger partial charge in [-0.2, -0.15) is 9.61 Å². The summed E-state index contributed by atoms with van der Waals surface area (Å²) in [7, 11) is 1.61. The van der Waals surface area contributed by atoms with Crippen LogP contribution in [0.1, 0.15) is 5.69 Å². The molecule has 0 saturated carbocycles. The fourth-order valence-corrected chi connectivity index (χ4v) is 5.10. The Morgan fingerprint density at radius 2 is 1.83 bits per heavy atom. The molecular formula is C25H24ClN5O4S. The highest BCUT2D eigenvalue weighted by molar-refractivity contribution is 7.19. The van der Waals surface area contributed by atoms with Crippen LogP contribution >= 0.6 is 22.9 Å². The lowest BCUT2D eigenvalue weighted by atomic mass is 10.2. The van der Waals surface area contributed by atoms with E-state index in [1.165, 1.54) is 21.9 Å². The second-order valence-electron chi connectivity index (χ2n) is 8.29. The van der Waals surface area contributed by atoms with E-state index in [2.05, 4.69) is 15.0 Å². The van der Waals surface area contributed by atoms with Crippen molar-refractivity contribution in [3.05, 3.63) is 75.7 Å². The van der Waals surface area contributed by atoms with Crippen LogP contribution in [0.25, 0.3) is 15.5 Å². The molecule has 1 amide bonds. The Balaban J connectivity index is 1.20. The third-order valence-corrected chi connectivity index (χ3v) is 7.12. The second kappa shape index (κ2) is 10.7. The Hall–Kier alpha value is -3.47. The zero-order valence-electron chi connectivity index (χ0n) is 19.6. The number of amides is 1. The average molecular weight is 526 g/mol. The maximum absolute atomic E-state index is 12.7. The molecule has 0 spiro atoms. The molecule has 2 aromatic carbocycles. The maximum Gasteiger partial charge on any atom is 0.275 e. The molecule has 3 heterocycles. The van der Waals surface area contributed by atoms with Gasteiger partial charge in [-0.3, -0.25) is 14.5 Å². The zero-order valence-corrected chi connectivity index (χ0v) is 21.2. The van der Waals surface area contributed by atoms with Gasteiger partial charge in [-0.05, 0) is 36.4 Å². The number of hydrogen-bond acceptors (Lipinski definition) is 8. The topological polar surface area (TPSA) is 89.3 Å². The highest BCUT2D eigenvalue weighted by atomic mass is 35.5. The van der Waals surface area contributed by atoms with Crippen molar-refractivity contribution in [3.63, 3.8) is 0 Å². The molecule has 0 unspecified atom stereocenters. The summed E-state index contributed by atoms with van der Waals surface area (Å²) >= 11 is 7.22. The highest BCUT2D eigenvalue weighted by Gasteiger charge is 2.22. The molecule has 0 N–H and O–H groups in total. The summed E-state index contributed by atoms with van der Waals surface area (Å²) in [6.07, 6.45) is 0. The Morgan fingerprint density at radius 3 is 2.58 bits per heavy atom. The van der Waals surface area contributed by atoms with Gasteiger partial charge in [0.1, 0.15) is 11.5 Å². The Morgan fingerprint density at radius 1 is 1.08 bits per heavy atom. The smallest absolute Gasteiger partial charge is 0.275 e. The predicted molar refractivity (Wildman–Crippen MR) is 138 cm³/mol. The number of aromatic nitrogens is 3. The molecule has 0 atom stereocenters. The van der Waals surface area contributed by atoms with E-state index in [-0.39, 0.29) is 18.1 Å². The summed E-state index contributed by atoms with van der Waals surface area (Å²) < 4.78 is 12.3. The normalized spacial score (nSPS) is 14.2. The van der Waals surface area contributed by atoms with E-state index >= 15 is 0 Å². The molecule has 5 rings (SSSR count). The van der Waals surface area contributed by atoms with Gasteiger partial charge < -0.3 is 14.4 Å². The number of benzene rings is 2. The van der Waals surface area contributed by atoms with E-state index in [0.717, 1.165) is 5.56 Å². The van der Waals surface area contributed by atoms with Gasteiger partial charge in [-0.1, -0.05) is 35.1 Å². The first-order valence-electron chi connectivity index (χ1n) is 11.4. The minimum absolute atomic E-state index is 0.0173. The molecular weight excluding hydrogens is 502 g/mol. The van der Waals surface area contributed by atoms with Gasteiger partial charge in [0, 0.05) is 43.8 Å². The first kappa shape index (κ1) is 24.2. The van der Waals surface area contributed by atoms with Crippen LogP contribution in [0, 0.1) is 0 Å². The van der Waals surface area contributed by atoms with Gasteiger partial charge in [0.2, 0.25) is 4.96 Å². The van der Waals surface area contributed by atoms with Crippen molar-refractivity contribution in [2.24, 2.45) is 0 Å². The summed E-state index contributed by atoms with van der Waals surface area (Å²) in [5.74, 6) is 1.24. The lowest BCUT2D eigenvalue weighted by Gasteiger charge is -2.34. The van der Waals surface area contributed by atoms with E-state index in [4.69, 9.17) is 21.1 Å². The number of carbonyl (C=O) groups excluding carboxylic acids is 1. The SMILES string of the molecule is COc1ccccc1-c1nn2c(=O)cc(CN3CCN(C(=O)COc4ccc(Cl)cc4)CC3)nc2s1. The summed E-state index contributed by atoms with van der Waals surface area (Å²) in [6, 6.07) is 16.0. The number of piperazine rings is 1. The molecule has 9 nitrogen and oxygen atoms in total. The van der Waals surface area contributed by atoms with Gasteiger partial charge in [0.15, 0.2) is 11.6 Å². The summed E-state index contributed by atoms with van der Waals surface area (Å²) in [5, 5.41) is 5.74. The number of carbonyl (C=O) groups is 1. The van der Waals surface area contributed by atoms with Crippen LogP contribution in [0.3, 0.4) is 0 Å². The van der Waals surface area contributed by atoms with Crippen molar-refractivity contribution in [3.8, 4) is 22.1 Å². The highest BCUT2D eigenvalue weighted by Crippen LogP contribution is 2.32. The summed E-state index contributed by atoms with van der Waals surface area (Å²) in [6.45, 7) is 3.05. The first-order chi connectivity index (χ1) is 17.5. The molecule has 11 heteroatoms. The number of nitrogens with zero attached hydrogens (tertiary/aromatic N) is 5. The molecule has 36 heavy (non-hydrogen) atoms. The van der Waals surface area contributed by atoms with Crippen molar-refractivity contribution in [1.82, 2.24) is 24.4 Å². The van der Waals surface area contributed by atoms with E-state index < -0.39 is 0 Å². The molecule has 0 aliphatic carbocycles. The summed E-state index contributed by atoms with van der Waals surface area (Å²) in [4.78, 5) is 34.5. The fourth-order valence-electron chi connectivity index (χ4n) is 4.02. The molecule has 4 aromatic rings. The average Bonchev–Trinajstić information content (AvgIpc) is 3.33. The molecule has 1 fully saturated rings. The fraction of sp³-hybridized carbons (Fsp3) is 0.280. The van der Waals surface area contributed by atoms with E-state index in [0.29, 0.717) is 64.9 Å². The molecule has 2 aromatic heterocycles. The molecule has 1 saturated heterocycles. The number of fused-ring (bicyclic) bond motifs is 1. The predicted octanol–water partition coefficient (Wildman–Crippen LogP) is 3.20. The van der Waals surface area contributed by atoms with Crippen molar-refractivity contribution >= 4 is 33.8 Å². The Bertz CT molecular complexity index is 1430. The van der Waals surface area contributed by atoms with Gasteiger partial charge in [0.05, 0.1) is 18.4 Å². The van der Waals surface area contributed by atoms with Crippen LogP contribution in [-0.2, 0) is 11.3 Å². The third-order valence-electron chi connectivity index (χ3n) is 5.92. The molecule has 0 bridgehead atoms. The van der Waals surface area contributed by atoms with Gasteiger partial charge >= 0.3 is 0 Å². The molecule has 1 aliphatic rings. The first-order valence-corrected chi connectivity index (χ1v) is 12.6. The van der Waals surface area contributed by atoms with Crippen LogP contribution in [0.4, 0.5) is 0 Å². The van der Waals surface area contributed by atoms with Crippen LogP contribution in [0.2, 0.25) is 5.02 Å². The number of para-hydroxylation sites is 1. The minimum Gasteiger partial charge on any atom is -0.496 e.